The van der Waals surface area contributed by atoms with E-state index in [1.807, 2.05) is 4.90 Å². The number of nitrogens with zero attached hydrogens (tertiary/aromatic N) is 2. The Bertz CT molecular complexity index is 933. The Hall–Kier alpha value is -3.31. The van der Waals surface area contributed by atoms with Gasteiger partial charge in [-0.05, 0) is 36.2 Å². The van der Waals surface area contributed by atoms with Crippen molar-refractivity contribution in [3.05, 3.63) is 60.2 Å². The molecule has 3 N–H and O–H groups in total. The van der Waals surface area contributed by atoms with Crippen molar-refractivity contribution in [1.29, 1.82) is 0 Å². The Labute approximate surface area is 188 Å². The molecular weight excluding hydrogens is 443 g/mol. The summed E-state index contributed by atoms with van der Waals surface area (Å²) in [5.74, 6) is -2.91. The minimum Gasteiger partial charge on any atom is -0.406 e. The van der Waals surface area contributed by atoms with E-state index in [1.165, 1.54) is 34.6 Å². The van der Waals surface area contributed by atoms with Crippen LogP contribution < -0.4 is 15.1 Å². The second kappa shape index (κ2) is 10.5. The highest BCUT2D eigenvalue weighted by atomic mass is 19.4. The topological polar surface area (TPSA) is 102 Å². The molecule has 2 aromatic rings. The van der Waals surface area contributed by atoms with Crippen LogP contribution in [0.25, 0.3) is 0 Å². The maximum atomic E-state index is 13.1. The van der Waals surface area contributed by atoms with Crippen LogP contribution in [0, 0.1) is 5.92 Å². The lowest BCUT2D eigenvalue weighted by atomic mass is 9.91. The van der Waals surface area contributed by atoms with E-state index in [0.29, 0.717) is 31.9 Å². The molecular formula is C22H24F3N3O5. The van der Waals surface area contributed by atoms with Crippen molar-refractivity contribution in [3.63, 3.8) is 0 Å². The molecule has 178 valence electrons. The van der Waals surface area contributed by atoms with E-state index < -0.39 is 30.2 Å². The van der Waals surface area contributed by atoms with Crippen molar-refractivity contribution < 1.29 is 37.8 Å². The number of anilines is 1. The van der Waals surface area contributed by atoms with Gasteiger partial charge in [0, 0.05) is 31.9 Å². The molecule has 1 aliphatic heterocycles. The fourth-order valence-electron chi connectivity index (χ4n) is 3.73. The van der Waals surface area contributed by atoms with Gasteiger partial charge in [-0.1, -0.05) is 30.3 Å². The summed E-state index contributed by atoms with van der Waals surface area (Å²) in [6, 6.07) is 14.4. The van der Waals surface area contributed by atoms with Crippen LogP contribution >= 0.6 is 0 Å². The van der Waals surface area contributed by atoms with Crippen molar-refractivity contribution in [1.82, 2.24) is 10.4 Å². The first kappa shape index (κ1) is 24.3. The molecule has 3 rings (SSSR count). The molecule has 0 radical (unpaired) electrons. The molecule has 1 aliphatic rings. The molecule has 0 bridgehead atoms. The van der Waals surface area contributed by atoms with Gasteiger partial charge >= 0.3 is 6.36 Å². The molecule has 11 heteroatoms. The number of hydrogen-bond donors (Lipinski definition) is 3. The molecule has 2 amide bonds. The molecule has 33 heavy (non-hydrogen) atoms. The molecule has 1 fully saturated rings. The number of hydroxylamine groups is 1. The number of alkyl halides is 3. The lowest BCUT2D eigenvalue weighted by Gasteiger charge is -2.38. The van der Waals surface area contributed by atoms with Crippen LogP contribution in [0.2, 0.25) is 0 Å². The van der Waals surface area contributed by atoms with Crippen LogP contribution in [0.15, 0.2) is 54.6 Å². The van der Waals surface area contributed by atoms with Gasteiger partial charge in [0.25, 0.3) is 5.91 Å². The van der Waals surface area contributed by atoms with Crippen LogP contribution in [0.3, 0.4) is 0 Å². The number of benzene rings is 2. The summed E-state index contributed by atoms with van der Waals surface area (Å²) in [4.78, 5) is 28.4. The number of rotatable bonds is 7. The summed E-state index contributed by atoms with van der Waals surface area (Å²) in [6.07, 6.45) is -6.39. The van der Waals surface area contributed by atoms with Crippen molar-refractivity contribution in [2.75, 3.05) is 31.1 Å². The van der Waals surface area contributed by atoms with Crippen molar-refractivity contribution in [2.24, 2.45) is 5.92 Å². The highest BCUT2D eigenvalue weighted by molar-refractivity contribution is 5.89. The van der Waals surface area contributed by atoms with Gasteiger partial charge in [-0.2, -0.15) is 0 Å². The molecule has 2 atom stereocenters. The van der Waals surface area contributed by atoms with Gasteiger partial charge in [0.1, 0.15) is 11.9 Å². The van der Waals surface area contributed by atoms with Crippen LogP contribution in [0.5, 0.6) is 5.75 Å². The zero-order chi connectivity index (χ0) is 24.0. The highest BCUT2D eigenvalue weighted by Crippen LogP contribution is 2.26. The minimum atomic E-state index is -4.76. The highest BCUT2D eigenvalue weighted by Gasteiger charge is 2.36. The Morgan fingerprint density at radius 1 is 1.00 bits per heavy atom. The normalized spacial score (nSPS) is 16.2. The van der Waals surface area contributed by atoms with E-state index in [2.05, 4.69) is 4.74 Å². The van der Waals surface area contributed by atoms with Crippen LogP contribution in [0.4, 0.5) is 18.9 Å². The first-order valence-electron chi connectivity index (χ1n) is 10.2. The number of carbonyl (C=O) groups is 2. The summed E-state index contributed by atoms with van der Waals surface area (Å²) < 4.78 is 40.8. The SMILES string of the molecule is O=C(NO)[C@H](O)[C@H](Cc1ccccc1)C(=O)N1CCN(c2ccc(OC(F)(F)F)cc2)CC1. The Kier molecular flexibility index (Phi) is 7.77. The maximum Gasteiger partial charge on any atom is 0.573 e. The van der Waals surface area contributed by atoms with Crippen molar-refractivity contribution in [3.8, 4) is 5.75 Å². The first-order valence-corrected chi connectivity index (χ1v) is 10.2. The third-order valence-electron chi connectivity index (χ3n) is 5.40. The predicted molar refractivity (Wildman–Crippen MR) is 111 cm³/mol. The fourth-order valence-corrected chi connectivity index (χ4v) is 3.73. The summed E-state index contributed by atoms with van der Waals surface area (Å²) in [6.45, 7) is 1.40. The summed E-state index contributed by atoms with van der Waals surface area (Å²) in [5.41, 5.74) is 2.82. The number of aliphatic hydroxyl groups is 1. The molecule has 0 spiro atoms. The number of nitrogens with one attached hydrogen (secondary N) is 1. The third-order valence-corrected chi connectivity index (χ3v) is 5.40. The smallest absolute Gasteiger partial charge is 0.406 e. The minimum absolute atomic E-state index is 0.106. The molecule has 0 aliphatic carbocycles. The van der Waals surface area contributed by atoms with Gasteiger partial charge in [0.05, 0.1) is 5.92 Å². The van der Waals surface area contributed by atoms with Gasteiger partial charge in [0.2, 0.25) is 5.91 Å². The van der Waals surface area contributed by atoms with E-state index in [-0.39, 0.29) is 12.2 Å². The van der Waals surface area contributed by atoms with Gasteiger partial charge in [-0.3, -0.25) is 14.8 Å². The number of ether oxygens (including phenoxy) is 1. The van der Waals surface area contributed by atoms with Crippen LogP contribution in [0.1, 0.15) is 5.56 Å². The zero-order valence-electron chi connectivity index (χ0n) is 17.5. The second-order valence-electron chi connectivity index (χ2n) is 7.57. The summed E-state index contributed by atoms with van der Waals surface area (Å²) in [5, 5.41) is 19.2. The Morgan fingerprint density at radius 3 is 2.15 bits per heavy atom. The summed E-state index contributed by atoms with van der Waals surface area (Å²) in [7, 11) is 0. The molecule has 0 aromatic heterocycles. The third kappa shape index (κ3) is 6.59. The number of amides is 2. The summed E-state index contributed by atoms with van der Waals surface area (Å²) >= 11 is 0. The van der Waals surface area contributed by atoms with Gasteiger partial charge in [0.15, 0.2) is 0 Å². The number of carbonyl (C=O) groups excluding carboxylic acids is 2. The lowest BCUT2D eigenvalue weighted by molar-refractivity contribution is -0.274. The molecule has 1 heterocycles. The number of piperazine rings is 1. The van der Waals surface area contributed by atoms with E-state index in [4.69, 9.17) is 5.21 Å². The number of hydrogen-bond acceptors (Lipinski definition) is 6. The maximum absolute atomic E-state index is 13.1. The van der Waals surface area contributed by atoms with E-state index in [1.54, 1.807) is 30.3 Å². The second-order valence-corrected chi connectivity index (χ2v) is 7.57. The van der Waals surface area contributed by atoms with E-state index >= 15 is 0 Å². The molecule has 2 aromatic carbocycles. The first-order chi connectivity index (χ1) is 15.7. The monoisotopic (exact) mass is 467 g/mol. The Morgan fingerprint density at radius 2 is 1.61 bits per heavy atom. The van der Waals surface area contributed by atoms with Gasteiger partial charge in [-0.15, -0.1) is 13.2 Å². The largest absolute Gasteiger partial charge is 0.573 e. The van der Waals surface area contributed by atoms with Crippen molar-refractivity contribution >= 4 is 17.5 Å². The number of aliphatic hydroxyl groups excluding tert-OH is 1. The molecule has 1 saturated heterocycles. The zero-order valence-corrected chi connectivity index (χ0v) is 17.5. The van der Waals surface area contributed by atoms with Gasteiger partial charge < -0.3 is 19.6 Å². The quantitative estimate of drug-likeness (QED) is 0.425. The predicted octanol–water partition coefficient (Wildman–Crippen LogP) is 1.96. The van der Waals surface area contributed by atoms with E-state index in [0.717, 1.165) is 5.56 Å². The van der Waals surface area contributed by atoms with Crippen molar-refractivity contribution in [2.45, 2.75) is 18.9 Å². The Balaban J connectivity index is 1.64. The fraction of sp³-hybridized carbons (Fsp3) is 0.364. The molecule has 0 saturated carbocycles. The van der Waals surface area contributed by atoms with Crippen LogP contribution in [-0.4, -0.2) is 65.7 Å². The van der Waals surface area contributed by atoms with Crippen LogP contribution in [-0.2, 0) is 16.0 Å². The van der Waals surface area contributed by atoms with Gasteiger partial charge in [-0.25, -0.2) is 5.48 Å². The van der Waals surface area contributed by atoms with E-state index in [9.17, 15) is 27.9 Å². The average molecular weight is 467 g/mol. The lowest BCUT2D eigenvalue weighted by Crippen LogP contribution is -2.53. The molecule has 0 unspecified atom stereocenters. The standard InChI is InChI=1S/C22H24F3N3O5/c23-22(24,25)33-17-8-6-16(7-9-17)27-10-12-28(13-11-27)21(31)18(19(29)20(30)26-32)14-15-4-2-1-3-5-15/h1-9,18-19,29,32H,10-14H2,(H,26,30)/t18-,19+/m0/s1. The molecule has 8 nitrogen and oxygen atoms in total. The number of halogens is 3. The average Bonchev–Trinajstić information content (AvgIpc) is 2.81.